The lowest BCUT2D eigenvalue weighted by atomic mass is 9.95. The Morgan fingerprint density at radius 1 is 0.800 bits per heavy atom. The zero-order valence-electron chi connectivity index (χ0n) is 19.8. The molecule has 0 saturated carbocycles. The molecule has 0 bridgehead atoms. The molecule has 178 valence electrons. The summed E-state index contributed by atoms with van der Waals surface area (Å²) in [6, 6.07) is 22.8. The van der Waals surface area contributed by atoms with Crippen LogP contribution in [-0.2, 0) is 4.79 Å². The third-order valence-corrected chi connectivity index (χ3v) is 7.30. The van der Waals surface area contributed by atoms with E-state index in [-0.39, 0.29) is 5.92 Å². The molecule has 0 radical (unpaired) electrons. The number of benzene rings is 2. The fourth-order valence-electron chi connectivity index (χ4n) is 5.32. The molecule has 2 saturated heterocycles. The molecule has 0 aliphatic carbocycles. The summed E-state index contributed by atoms with van der Waals surface area (Å²) in [4.78, 5) is 24.7. The Labute approximate surface area is 205 Å². The Kier molecular flexibility index (Phi) is 5.82. The summed E-state index contributed by atoms with van der Waals surface area (Å²) in [5.74, 6) is 1.36. The maximum atomic E-state index is 13.3. The van der Waals surface area contributed by atoms with Crippen LogP contribution in [0.1, 0.15) is 12.8 Å². The fourth-order valence-corrected chi connectivity index (χ4v) is 5.32. The Morgan fingerprint density at radius 2 is 1.49 bits per heavy atom. The van der Waals surface area contributed by atoms with E-state index in [4.69, 9.17) is 10.1 Å². The van der Waals surface area contributed by atoms with Crippen LogP contribution in [0.25, 0.3) is 16.8 Å². The molecule has 2 aliphatic rings. The number of nitrogens with zero attached hydrogens (tertiary/aromatic N) is 6. The molecule has 2 aliphatic heterocycles. The zero-order valence-corrected chi connectivity index (χ0v) is 19.8. The number of piperidine rings is 1. The van der Waals surface area contributed by atoms with Crippen LogP contribution in [0.4, 0.5) is 11.5 Å². The van der Waals surface area contributed by atoms with E-state index >= 15 is 0 Å². The number of para-hydroxylation sites is 1. The highest BCUT2D eigenvalue weighted by molar-refractivity contribution is 5.80. The molecular weight excluding hydrogens is 436 g/mol. The van der Waals surface area contributed by atoms with Crippen LogP contribution in [0.3, 0.4) is 0 Å². The van der Waals surface area contributed by atoms with Gasteiger partial charge in [-0.25, -0.2) is 9.50 Å². The van der Waals surface area contributed by atoms with Gasteiger partial charge < -0.3 is 14.7 Å². The smallest absolute Gasteiger partial charge is 0.225 e. The van der Waals surface area contributed by atoms with Crippen molar-refractivity contribution in [1.82, 2.24) is 19.5 Å². The standard InChI is InChI=1S/C28H30N6O/c35-28(33-19-17-31(18-20-33)24-9-5-2-6-10-24)23-11-14-32(15-12-23)27-26-21-25(22-7-3-1-4-8-22)30-34(26)16-13-29-27/h1-10,13,16,21,23H,11-12,14-15,17-20H2. The third kappa shape index (κ3) is 4.34. The summed E-state index contributed by atoms with van der Waals surface area (Å²) in [6.45, 7) is 5.05. The molecule has 2 aromatic carbocycles. The maximum absolute atomic E-state index is 13.3. The molecule has 7 nitrogen and oxygen atoms in total. The summed E-state index contributed by atoms with van der Waals surface area (Å²) >= 11 is 0. The lowest BCUT2D eigenvalue weighted by molar-refractivity contribution is -0.136. The molecule has 0 spiro atoms. The molecule has 4 aromatic rings. The van der Waals surface area contributed by atoms with Gasteiger partial charge >= 0.3 is 0 Å². The second kappa shape index (κ2) is 9.41. The van der Waals surface area contributed by atoms with Gasteiger partial charge in [0.05, 0.1) is 5.69 Å². The van der Waals surface area contributed by atoms with E-state index in [0.717, 1.165) is 74.7 Å². The van der Waals surface area contributed by atoms with E-state index in [2.05, 4.69) is 57.2 Å². The van der Waals surface area contributed by atoms with Crippen LogP contribution in [0, 0.1) is 5.92 Å². The number of fused-ring (bicyclic) bond motifs is 1. The molecule has 6 rings (SSSR count). The molecule has 0 N–H and O–H groups in total. The van der Waals surface area contributed by atoms with Crippen molar-refractivity contribution in [3.05, 3.63) is 79.1 Å². The monoisotopic (exact) mass is 466 g/mol. The minimum absolute atomic E-state index is 0.0963. The Hall–Kier alpha value is -3.87. The van der Waals surface area contributed by atoms with Crippen molar-refractivity contribution in [1.29, 1.82) is 0 Å². The summed E-state index contributed by atoms with van der Waals surface area (Å²) in [5, 5.41) is 4.76. The highest BCUT2D eigenvalue weighted by Gasteiger charge is 2.31. The zero-order chi connectivity index (χ0) is 23.6. The molecule has 35 heavy (non-hydrogen) atoms. The van der Waals surface area contributed by atoms with Gasteiger partial charge in [-0.1, -0.05) is 48.5 Å². The van der Waals surface area contributed by atoms with Crippen LogP contribution in [0.5, 0.6) is 0 Å². The van der Waals surface area contributed by atoms with E-state index in [9.17, 15) is 4.79 Å². The van der Waals surface area contributed by atoms with Crippen LogP contribution >= 0.6 is 0 Å². The summed E-state index contributed by atoms with van der Waals surface area (Å²) < 4.78 is 1.91. The Bertz CT molecular complexity index is 1290. The average Bonchev–Trinajstić information content (AvgIpc) is 3.39. The van der Waals surface area contributed by atoms with Crippen molar-refractivity contribution in [2.24, 2.45) is 5.92 Å². The Morgan fingerprint density at radius 3 is 2.20 bits per heavy atom. The van der Waals surface area contributed by atoms with Crippen molar-refractivity contribution >= 4 is 22.9 Å². The minimum atomic E-state index is 0.0963. The van der Waals surface area contributed by atoms with Gasteiger partial charge in [0, 0.05) is 68.8 Å². The first kappa shape index (κ1) is 21.6. The van der Waals surface area contributed by atoms with Gasteiger partial charge in [-0.05, 0) is 31.0 Å². The van der Waals surface area contributed by atoms with Crippen molar-refractivity contribution in [3.63, 3.8) is 0 Å². The molecule has 2 fully saturated rings. The highest BCUT2D eigenvalue weighted by atomic mass is 16.2. The molecular formula is C28H30N6O. The van der Waals surface area contributed by atoms with Crippen LogP contribution < -0.4 is 9.80 Å². The van der Waals surface area contributed by atoms with E-state index < -0.39 is 0 Å². The van der Waals surface area contributed by atoms with Gasteiger partial charge in [-0.15, -0.1) is 0 Å². The number of rotatable bonds is 4. The first-order valence-electron chi connectivity index (χ1n) is 12.5. The predicted octanol–water partition coefficient (Wildman–Crippen LogP) is 3.96. The molecule has 1 amide bonds. The highest BCUT2D eigenvalue weighted by Crippen LogP contribution is 2.29. The maximum Gasteiger partial charge on any atom is 0.225 e. The van der Waals surface area contributed by atoms with Gasteiger partial charge in [0.1, 0.15) is 5.52 Å². The molecule has 0 unspecified atom stereocenters. The van der Waals surface area contributed by atoms with Crippen molar-refractivity contribution in [2.75, 3.05) is 49.1 Å². The van der Waals surface area contributed by atoms with Gasteiger partial charge in [-0.3, -0.25) is 4.79 Å². The van der Waals surface area contributed by atoms with Crippen molar-refractivity contribution in [3.8, 4) is 11.3 Å². The van der Waals surface area contributed by atoms with Gasteiger partial charge in [0.25, 0.3) is 0 Å². The van der Waals surface area contributed by atoms with E-state index in [1.807, 2.05) is 41.2 Å². The van der Waals surface area contributed by atoms with Gasteiger partial charge in [0.15, 0.2) is 5.82 Å². The number of anilines is 2. The van der Waals surface area contributed by atoms with E-state index in [0.29, 0.717) is 5.91 Å². The predicted molar refractivity (Wildman–Crippen MR) is 139 cm³/mol. The second-order valence-corrected chi connectivity index (χ2v) is 9.39. The average molecular weight is 467 g/mol. The lowest BCUT2D eigenvalue weighted by Crippen LogP contribution is -2.51. The number of piperazine rings is 1. The number of hydrogen-bond acceptors (Lipinski definition) is 5. The topological polar surface area (TPSA) is 57.0 Å². The SMILES string of the molecule is O=C(C1CCN(c2nccn3nc(-c4ccccc4)cc23)CC1)N1CCN(c2ccccc2)CC1. The molecule has 0 atom stereocenters. The van der Waals surface area contributed by atoms with Crippen molar-refractivity contribution < 1.29 is 4.79 Å². The lowest BCUT2D eigenvalue weighted by Gasteiger charge is -2.39. The molecule has 7 heteroatoms. The number of carbonyl (C=O) groups is 1. The summed E-state index contributed by atoms with van der Waals surface area (Å²) in [6.07, 6.45) is 5.44. The third-order valence-electron chi connectivity index (χ3n) is 7.30. The quantitative estimate of drug-likeness (QED) is 0.456. The van der Waals surface area contributed by atoms with Crippen LogP contribution in [-0.4, -0.2) is 64.7 Å². The number of hydrogen-bond donors (Lipinski definition) is 0. The number of carbonyl (C=O) groups excluding carboxylic acids is 1. The second-order valence-electron chi connectivity index (χ2n) is 9.39. The molecule has 2 aromatic heterocycles. The normalized spacial score (nSPS) is 17.2. The molecule has 4 heterocycles. The Balaban J connectivity index is 1.09. The first-order valence-corrected chi connectivity index (χ1v) is 12.5. The van der Waals surface area contributed by atoms with E-state index in [1.54, 1.807) is 0 Å². The van der Waals surface area contributed by atoms with E-state index in [1.165, 1.54) is 5.69 Å². The largest absolute Gasteiger partial charge is 0.368 e. The number of aromatic nitrogens is 3. The summed E-state index contributed by atoms with van der Waals surface area (Å²) in [7, 11) is 0. The van der Waals surface area contributed by atoms with Crippen LogP contribution in [0.15, 0.2) is 79.1 Å². The minimum Gasteiger partial charge on any atom is -0.368 e. The fraction of sp³-hybridized carbons (Fsp3) is 0.321. The van der Waals surface area contributed by atoms with Gasteiger partial charge in [0.2, 0.25) is 5.91 Å². The number of amides is 1. The summed E-state index contributed by atoms with van der Waals surface area (Å²) in [5.41, 5.74) is 4.29. The van der Waals surface area contributed by atoms with Gasteiger partial charge in [-0.2, -0.15) is 5.10 Å². The first-order chi connectivity index (χ1) is 17.3. The van der Waals surface area contributed by atoms with Crippen molar-refractivity contribution in [2.45, 2.75) is 12.8 Å². The van der Waals surface area contributed by atoms with Crippen LogP contribution in [0.2, 0.25) is 0 Å².